The van der Waals surface area contributed by atoms with E-state index in [2.05, 4.69) is 61.9 Å². The van der Waals surface area contributed by atoms with Crippen LogP contribution < -0.4 is 4.90 Å². The van der Waals surface area contributed by atoms with Crippen LogP contribution in [0.5, 0.6) is 0 Å². The molecule has 1 aromatic carbocycles. The molecule has 1 atom stereocenters. The Bertz CT molecular complexity index is 431. The highest BCUT2D eigenvalue weighted by atomic mass is 16.3. The lowest BCUT2D eigenvalue weighted by Crippen LogP contribution is -2.62. The molecule has 19 heavy (non-hydrogen) atoms. The van der Waals surface area contributed by atoms with Gasteiger partial charge in [0.2, 0.25) is 0 Å². The van der Waals surface area contributed by atoms with Crippen molar-refractivity contribution in [1.29, 1.82) is 0 Å². The largest absolute Gasteiger partial charge is 0.396 e. The Labute approximate surface area is 116 Å². The maximum Gasteiger partial charge on any atom is 0.0446 e. The van der Waals surface area contributed by atoms with Crippen LogP contribution in [0.1, 0.15) is 25.8 Å². The monoisotopic (exact) mass is 262 g/mol. The van der Waals surface area contributed by atoms with E-state index in [1.54, 1.807) is 0 Å². The number of piperazine rings is 1. The Morgan fingerprint density at radius 1 is 1.37 bits per heavy atom. The summed E-state index contributed by atoms with van der Waals surface area (Å²) in [5, 5.41) is 9.26. The molecule has 1 heterocycles. The molecule has 1 unspecified atom stereocenters. The van der Waals surface area contributed by atoms with Crippen LogP contribution in [0, 0.1) is 6.92 Å². The number of nitrogens with zero attached hydrogens (tertiary/aromatic N) is 2. The fourth-order valence-corrected chi connectivity index (χ4v) is 2.97. The van der Waals surface area contributed by atoms with Crippen molar-refractivity contribution in [2.75, 3.05) is 31.6 Å². The smallest absolute Gasteiger partial charge is 0.0446 e. The summed E-state index contributed by atoms with van der Waals surface area (Å²) in [5.74, 6) is 0. The molecule has 1 fully saturated rings. The van der Waals surface area contributed by atoms with E-state index >= 15 is 0 Å². The minimum atomic E-state index is 0.127. The first-order valence-corrected chi connectivity index (χ1v) is 7.09. The zero-order chi connectivity index (χ0) is 14.0. The highest BCUT2D eigenvalue weighted by Crippen LogP contribution is 2.29. The first kappa shape index (κ1) is 14.4. The van der Waals surface area contributed by atoms with Crippen LogP contribution in [0.4, 0.5) is 5.69 Å². The predicted octanol–water partition coefficient (Wildman–Crippen LogP) is 2.28. The first-order chi connectivity index (χ1) is 8.94. The van der Waals surface area contributed by atoms with Crippen molar-refractivity contribution in [3.05, 3.63) is 29.8 Å². The second kappa shape index (κ2) is 5.51. The van der Waals surface area contributed by atoms with Crippen LogP contribution in [0.25, 0.3) is 0 Å². The molecule has 3 nitrogen and oxygen atoms in total. The van der Waals surface area contributed by atoms with Gasteiger partial charge in [0.1, 0.15) is 0 Å². The Morgan fingerprint density at radius 2 is 2.11 bits per heavy atom. The molecule has 1 aromatic rings. The number of benzene rings is 1. The third-order valence-corrected chi connectivity index (χ3v) is 4.34. The highest BCUT2D eigenvalue weighted by Gasteiger charge is 2.37. The molecule has 0 spiro atoms. The normalized spacial score (nSPS) is 23.6. The second-order valence-corrected chi connectivity index (χ2v) is 6.31. The first-order valence-electron chi connectivity index (χ1n) is 7.09. The van der Waals surface area contributed by atoms with Crippen molar-refractivity contribution in [1.82, 2.24) is 4.90 Å². The summed E-state index contributed by atoms with van der Waals surface area (Å²) in [6.45, 7) is 8.96. The van der Waals surface area contributed by atoms with E-state index in [4.69, 9.17) is 0 Å². The van der Waals surface area contributed by atoms with Crippen molar-refractivity contribution in [2.45, 2.75) is 38.8 Å². The summed E-state index contributed by atoms with van der Waals surface area (Å²) in [6.07, 6.45) is 0.836. The Morgan fingerprint density at radius 3 is 2.74 bits per heavy atom. The summed E-state index contributed by atoms with van der Waals surface area (Å²) in [5.41, 5.74) is 2.72. The van der Waals surface area contributed by atoms with Crippen molar-refractivity contribution < 1.29 is 5.11 Å². The van der Waals surface area contributed by atoms with Gasteiger partial charge < -0.3 is 10.0 Å². The maximum atomic E-state index is 9.26. The maximum absolute atomic E-state index is 9.26. The van der Waals surface area contributed by atoms with Crippen molar-refractivity contribution >= 4 is 5.69 Å². The Kier molecular flexibility index (Phi) is 4.16. The van der Waals surface area contributed by atoms with Crippen LogP contribution >= 0.6 is 0 Å². The SMILES string of the molecule is Cc1cccc(N2CC(CCO)N(C)C(C)(C)C2)c1. The van der Waals surface area contributed by atoms with E-state index in [1.165, 1.54) is 11.3 Å². The average Bonchev–Trinajstić information content (AvgIpc) is 2.35. The number of hydrogen-bond donors (Lipinski definition) is 1. The quantitative estimate of drug-likeness (QED) is 0.905. The van der Waals surface area contributed by atoms with Gasteiger partial charge in [-0.05, 0) is 51.9 Å². The van der Waals surface area contributed by atoms with Gasteiger partial charge in [-0.25, -0.2) is 0 Å². The molecule has 1 saturated heterocycles. The fraction of sp³-hybridized carbons (Fsp3) is 0.625. The summed E-state index contributed by atoms with van der Waals surface area (Å²) < 4.78 is 0. The van der Waals surface area contributed by atoms with E-state index < -0.39 is 0 Å². The van der Waals surface area contributed by atoms with Crippen molar-refractivity contribution in [3.8, 4) is 0 Å². The molecule has 0 saturated carbocycles. The molecule has 1 aliphatic heterocycles. The molecule has 1 aliphatic rings. The van der Waals surface area contributed by atoms with Gasteiger partial charge in [-0.3, -0.25) is 4.90 Å². The topological polar surface area (TPSA) is 26.7 Å². The number of aryl methyl sites for hydroxylation is 1. The van der Waals surface area contributed by atoms with Crippen LogP contribution in [-0.2, 0) is 0 Å². The van der Waals surface area contributed by atoms with Crippen LogP contribution in [-0.4, -0.2) is 48.3 Å². The average molecular weight is 262 g/mol. The minimum Gasteiger partial charge on any atom is -0.396 e. The highest BCUT2D eigenvalue weighted by molar-refractivity contribution is 5.49. The van der Waals surface area contributed by atoms with Gasteiger partial charge in [0, 0.05) is 37.0 Å². The summed E-state index contributed by atoms with van der Waals surface area (Å²) in [7, 11) is 2.17. The number of anilines is 1. The van der Waals surface area contributed by atoms with E-state index in [1.807, 2.05) is 0 Å². The van der Waals surface area contributed by atoms with Gasteiger partial charge in [-0.1, -0.05) is 12.1 Å². The molecule has 106 valence electrons. The Balaban J connectivity index is 2.22. The second-order valence-electron chi connectivity index (χ2n) is 6.31. The van der Waals surface area contributed by atoms with E-state index in [9.17, 15) is 5.11 Å². The fourth-order valence-electron chi connectivity index (χ4n) is 2.97. The lowest BCUT2D eigenvalue weighted by molar-refractivity contribution is 0.0651. The summed E-state index contributed by atoms with van der Waals surface area (Å²) in [6, 6.07) is 9.10. The molecule has 0 aliphatic carbocycles. The van der Waals surface area contributed by atoms with Crippen LogP contribution in [0.3, 0.4) is 0 Å². The number of hydrogen-bond acceptors (Lipinski definition) is 3. The predicted molar refractivity (Wildman–Crippen MR) is 80.7 cm³/mol. The standard InChI is InChI=1S/C16H26N2O/c1-13-6-5-7-14(10-13)18-11-15(8-9-19)17(4)16(2,3)12-18/h5-7,10,15,19H,8-9,11-12H2,1-4H3. The zero-order valence-electron chi connectivity index (χ0n) is 12.6. The molecule has 0 amide bonds. The lowest BCUT2D eigenvalue weighted by atomic mass is 9.93. The van der Waals surface area contributed by atoms with E-state index in [0.717, 1.165) is 19.5 Å². The molecule has 1 N–H and O–H groups in total. The van der Waals surface area contributed by atoms with E-state index in [0.29, 0.717) is 6.04 Å². The van der Waals surface area contributed by atoms with Crippen molar-refractivity contribution in [3.63, 3.8) is 0 Å². The number of likely N-dealkylation sites (N-methyl/N-ethyl adjacent to an activating group) is 1. The van der Waals surface area contributed by atoms with Gasteiger partial charge in [0.05, 0.1) is 0 Å². The van der Waals surface area contributed by atoms with Gasteiger partial charge in [-0.15, -0.1) is 0 Å². The Hall–Kier alpha value is -1.06. The van der Waals surface area contributed by atoms with E-state index in [-0.39, 0.29) is 12.1 Å². The van der Waals surface area contributed by atoms with Gasteiger partial charge in [0.15, 0.2) is 0 Å². The molecule has 0 bridgehead atoms. The third kappa shape index (κ3) is 3.10. The molecular formula is C16H26N2O. The number of rotatable bonds is 3. The van der Waals surface area contributed by atoms with Crippen LogP contribution in [0.15, 0.2) is 24.3 Å². The summed E-state index contributed by atoms with van der Waals surface area (Å²) in [4.78, 5) is 4.86. The lowest BCUT2D eigenvalue weighted by Gasteiger charge is -2.51. The molecule has 2 rings (SSSR count). The van der Waals surface area contributed by atoms with Gasteiger partial charge >= 0.3 is 0 Å². The minimum absolute atomic E-state index is 0.127. The molecular weight excluding hydrogens is 236 g/mol. The third-order valence-electron chi connectivity index (χ3n) is 4.34. The van der Waals surface area contributed by atoms with Gasteiger partial charge in [-0.2, -0.15) is 0 Å². The number of aliphatic hydroxyl groups excluding tert-OH is 1. The van der Waals surface area contributed by atoms with Crippen LogP contribution in [0.2, 0.25) is 0 Å². The molecule has 0 aromatic heterocycles. The molecule has 3 heteroatoms. The van der Waals surface area contributed by atoms with Crippen molar-refractivity contribution in [2.24, 2.45) is 0 Å². The van der Waals surface area contributed by atoms with Gasteiger partial charge in [0.25, 0.3) is 0 Å². The zero-order valence-corrected chi connectivity index (χ0v) is 12.6. The number of aliphatic hydroxyl groups is 1. The summed E-state index contributed by atoms with van der Waals surface area (Å²) >= 11 is 0. The molecule has 0 radical (unpaired) electrons.